The summed E-state index contributed by atoms with van der Waals surface area (Å²) >= 11 is 0. The number of rotatable bonds is 4. The van der Waals surface area contributed by atoms with Crippen LogP contribution in [0.2, 0.25) is 0 Å². The second-order valence-electron chi connectivity index (χ2n) is 6.80. The predicted octanol–water partition coefficient (Wildman–Crippen LogP) is 6.21. The Morgan fingerprint density at radius 3 is 2.07 bits per heavy atom. The van der Waals surface area contributed by atoms with Gasteiger partial charge >= 0.3 is 12.4 Å². The minimum Gasteiger partial charge on any atom is -0.293 e. The van der Waals surface area contributed by atoms with E-state index in [1.165, 1.54) is 30.3 Å². The van der Waals surface area contributed by atoms with Gasteiger partial charge in [-0.25, -0.2) is 0 Å². The number of hydrogen-bond acceptors (Lipinski definition) is 2. The van der Waals surface area contributed by atoms with Crippen molar-refractivity contribution >= 4 is 11.6 Å². The summed E-state index contributed by atoms with van der Waals surface area (Å²) in [6.45, 7) is 0. The van der Waals surface area contributed by atoms with Crippen LogP contribution in [0.4, 0.5) is 26.3 Å². The Hall–Kier alpha value is -3.16. The number of carbonyl (C=O) groups excluding carboxylic acids is 2. The largest absolute Gasteiger partial charge is 0.416 e. The molecule has 0 amide bonds. The lowest BCUT2D eigenvalue weighted by Gasteiger charge is -2.34. The van der Waals surface area contributed by atoms with Crippen LogP contribution >= 0.6 is 0 Å². The van der Waals surface area contributed by atoms with Gasteiger partial charge in [0.15, 0.2) is 17.0 Å². The van der Waals surface area contributed by atoms with Crippen molar-refractivity contribution < 1.29 is 35.9 Å². The minimum atomic E-state index is -5.13. The van der Waals surface area contributed by atoms with E-state index in [2.05, 4.69) is 0 Å². The molecule has 1 atom stereocenters. The summed E-state index contributed by atoms with van der Waals surface area (Å²) in [7, 11) is 0. The van der Waals surface area contributed by atoms with Gasteiger partial charge in [-0.1, -0.05) is 60.7 Å². The van der Waals surface area contributed by atoms with E-state index in [-0.39, 0.29) is 11.1 Å². The maximum Gasteiger partial charge on any atom is 0.416 e. The quantitative estimate of drug-likeness (QED) is 0.432. The molecule has 1 aliphatic rings. The van der Waals surface area contributed by atoms with Gasteiger partial charge in [-0.2, -0.15) is 26.3 Å². The molecule has 0 fully saturated rings. The molecule has 2 aromatic rings. The molecule has 0 heterocycles. The van der Waals surface area contributed by atoms with Crippen molar-refractivity contribution in [3.05, 3.63) is 95.1 Å². The topological polar surface area (TPSA) is 34.1 Å². The van der Waals surface area contributed by atoms with Gasteiger partial charge < -0.3 is 0 Å². The Kier molecular flexibility index (Phi) is 5.45. The highest BCUT2D eigenvalue weighted by atomic mass is 19.4. The zero-order valence-electron chi connectivity index (χ0n) is 15.2. The number of benzene rings is 2. The first-order valence-corrected chi connectivity index (χ1v) is 8.73. The van der Waals surface area contributed by atoms with Crippen LogP contribution in [0.25, 0.3) is 0 Å². The molecule has 0 bridgehead atoms. The first-order chi connectivity index (χ1) is 14.0. The van der Waals surface area contributed by atoms with Crippen LogP contribution in [0, 0.1) is 5.41 Å². The lowest BCUT2D eigenvalue weighted by atomic mass is 9.71. The summed E-state index contributed by atoms with van der Waals surface area (Å²) in [4.78, 5) is 25.5. The van der Waals surface area contributed by atoms with Crippen LogP contribution in [0.1, 0.15) is 32.7 Å². The van der Waals surface area contributed by atoms with Gasteiger partial charge in [0.25, 0.3) is 0 Å². The van der Waals surface area contributed by atoms with E-state index in [1.54, 1.807) is 6.07 Å². The number of Topliss-reactive ketones (excluding diaryl/α,β-unsaturated/α-hetero) is 2. The van der Waals surface area contributed by atoms with Crippen molar-refractivity contribution in [1.82, 2.24) is 0 Å². The maximum atomic E-state index is 14.1. The lowest BCUT2D eigenvalue weighted by molar-refractivity contribution is -0.187. The average molecular weight is 424 g/mol. The van der Waals surface area contributed by atoms with Crippen molar-refractivity contribution in [2.24, 2.45) is 5.41 Å². The SMILES string of the molecule is O=C(C1=CC=CC(C(=O)c2cccc(C(F)(F)F)c2)(C(F)(F)F)C1)c1ccccc1. The van der Waals surface area contributed by atoms with Gasteiger partial charge in [-0.05, 0) is 12.1 Å². The zero-order chi connectivity index (χ0) is 22.2. The molecule has 0 spiro atoms. The molecule has 1 unspecified atom stereocenters. The van der Waals surface area contributed by atoms with E-state index in [1.807, 2.05) is 0 Å². The molecule has 30 heavy (non-hydrogen) atoms. The third kappa shape index (κ3) is 3.94. The van der Waals surface area contributed by atoms with E-state index in [0.29, 0.717) is 18.2 Å². The van der Waals surface area contributed by atoms with Crippen molar-refractivity contribution in [1.29, 1.82) is 0 Å². The zero-order valence-corrected chi connectivity index (χ0v) is 15.2. The molecule has 8 heteroatoms. The molecule has 0 saturated carbocycles. The van der Waals surface area contributed by atoms with Crippen LogP contribution in [0.5, 0.6) is 0 Å². The van der Waals surface area contributed by atoms with Crippen LogP contribution < -0.4 is 0 Å². The van der Waals surface area contributed by atoms with Gasteiger partial charge in [-0.3, -0.25) is 9.59 Å². The summed E-state index contributed by atoms with van der Waals surface area (Å²) in [5.74, 6) is -2.24. The summed E-state index contributed by atoms with van der Waals surface area (Å²) in [6, 6.07) is 10.4. The Bertz CT molecular complexity index is 1030. The standard InChI is InChI=1S/C22H14F6O2/c23-21(24,25)17-10-4-8-15(12-17)19(30)20(22(26,27)28)11-5-9-16(13-20)18(29)14-6-2-1-3-7-14/h1-12H,13H2. The number of halogens is 6. The Morgan fingerprint density at radius 1 is 0.833 bits per heavy atom. The van der Waals surface area contributed by atoms with Crippen molar-refractivity contribution in [3.8, 4) is 0 Å². The lowest BCUT2D eigenvalue weighted by Crippen LogP contribution is -2.45. The van der Waals surface area contributed by atoms with Crippen molar-refractivity contribution in [2.45, 2.75) is 18.8 Å². The summed E-state index contributed by atoms with van der Waals surface area (Å²) in [5.41, 5.74) is -5.24. The Labute approximate surface area is 167 Å². The van der Waals surface area contributed by atoms with E-state index < -0.39 is 46.9 Å². The highest BCUT2D eigenvalue weighted by Crippen LogP contribution is 2.49. The third-order valence-corrected chi connectivity index (χ3v) is 4.84. The molecular formula is C22H14F6O2. The molecule has 3 rings (SSSR count). The number of alkyl halides is 6. The molecule has 0 aliphatic heterocycles. The van der Waals surface area contributed by atoms with Gasteiger partial charge in [0.1, 0.15) is 0 Å². The van der Waals surface area contributed by atoms with Crippen LogP contribution in [0.15, 0.2) is 78.4 Å². The van der Waals surface area contributed by atoms with E-state index >= 15 is 0 Å². The molecule has 2 aromatic carbocycles. The Morgan fingerprint density at radius 2 is 1.47 bits per heavy atom. The fourth-order valence-electron chi connectivity index (χ4n) is 3.25. The summed E-state index contributed by atoms with van der Waals surface area (Å²) in [5, 5.41) is 0. The predicted molar refractivity (Wildman–Crippen MR) is 96.9 cm³/mol. The van der Waals surface area contributed by atoms with Gasteiger partial charge in [0, 0.05) is 23.1 Å². The maximum absolute atomic E-state index is 14.1. The van der Waals surface area contributed by atoms with Gasteiger partial charge in [0.05, 0.1) is 5.56 Å². The summed E-state index contributed by atoms with van der Waals surface area (Å²) < 4.78 is 81.1. The molecule has 0 saturated heterocycles. The van der Waals surface area contributed by atoms with Crippen molar-refractivity contribution in [2.75, 3.05) is 0 Å². The average Bonchev–Trinajstić information content (AvgIpc) is 2.72. The molecule has 0 radical (unpaired) electrons. The molecule has 156 valence electrons. The smallest absolute Gasteiger partial charge is 0.293 e. The fourth-order valence-corrected chi connectivity index (χ4v) is 3.25. The number of allylic oxidation sites excluding steroid dienone is 4. The van der Waals surface area contributed by atoms with E-state index in [4.69, 9.17) is 0 Å². The van der Waals surface area contributed by atoms with Crippen molar-refractivity contribution in [3.63, 3.8) is 0 Å². The van der Waals surface area contributed by atoms with E-state index in [9.17, 15) is 35.9 Å². The highest BCUT2D eigenvalue weighted by molar-refractivity contribution is 6.11. The van der Waals surface area contributed by atoms with E-state index in [0.717, 1.165) is 18.2 Å². The van der Waals surface area contributed by atoms with Crippen LogP contribution in [0.3, 0.4) is 0 Å². The van der Waals surface area contributed by atoms with Gasteiger partial charge in [-0.15, -0.1) is 0 Å². The van der Waals surface area contributed by atoms with Gasteiger partial charge in [0.2, 0.25) is 0 Å². The fraction of sp³-hybridized carbons (Fsp3) is 0.182. The molecule has 0 N–H and O–H groups in total. The number of hydrogen-bond donors (Lipinski definition) is 0. The molecule has 0 aromatic heterocycles. The normalized spacial score (nSPS) is 19.3. The second-order valence-corrected chi connectivity index (χ2v) is 6.80. The molecule has 1 aliphatic carbocycles. The highest BCUT2D eigenvalue weighted by Gasteiger charge is 2.59. The number of carbonyl (C=O) groups is 2. The second kappa shape index (κ2) is 7.59. The summed E-state index contributed by atoms with van der Waals surface area (Å²) in [6.07, 6.45) is -8.24. The first kappa shape index (κ1) is 21.5. The minimum absolute atomic E-state index is 0.140. The molecule has 2 nitrogen and oxygen atoms in total. The van der Waals surface area contributed by atoms with Crippen LogP contribution in [-0.4, -0.2) is 17.7 Å². The first-order valence-electron chi connectivity index (χ1n) is 8.73. The molecular weight excluding hydrogens is 410 g/mol. The third-order valence-electron chi connectivity index (χ3n) is 4.84. The van der Waals surface area contributed by atoms with Crippen LogP contribution in [-0.2, 0) is 6.18 Å². The number of ketones is 2. The Balaban J connectivity index is 2.03. The monoisotopic (exact) mass is 424 g/mol.